The highest BCUT2D eigenvalue weighted by molar-refractivity contribution is 5.40. The van der Waals surface area contributed by atoms with Crippen molar-refractivity contribution in [2.24, 2.45) is 5.73 Å². The van der Waals surface area contributed by atoms with Crippen molar-refractivity contribution < 1.29 is 9.84 Å². The maximum Gasteiger partial charge on any atom is 0.123 e. The van der Waals surface area contributed by atoms with Crippen molar-refractivity contribution in [3.8, 4) is 11.5 Å². The Morgan fingerprint density at radius 3 is 2.50 bits per heavy atom. The summed E-state index contributed by atoms with van der Waals surface area (Å²) < 4.78 is 5.61. The van der Waals surface area contributed by atoms with Crippen LogP contribution in [-0.4, -0.2) is 11.7 Å². The molecule has 0 spiro atoms. The van der Waals surface area contributed by atoms with Gasteiger partial charge in [0.15, 0.2) is 0 Å². The molecule has 0 saturated heterocycles. The minimum Gasteiger partial charge on any atom is -0.508 e. The summed E-state index contributed by atoms with van der Waals surface area (Å²) in [6.07, 6.45) is 0.671. The van der Waals surface area contributed by atoms with Crippen LogP contribution in [0.25, 0.3) is 0 Å². The monoisotopic (exact) mass is 243 g/mol. The Morgan fingerprint density at radius 2 is 1.83 bits per heavy atom. The lowest BCUT2D eigenvalue weighted by molar-refractivity contribution is 0.304. The number of rotatable bonds is 5. The maximum absolute atomic E-state index is 9.78. The van der Waals surface area contributed by atoms with Gasteiger partial charge >= 0.3 is 0 Å². The first-order valence-corrected chi connectivity index (χ1v) is 5.98. The summed E-state index contributed by atoms with van der Waals surface area (Å²) >= 11 is 0. The molecule has 0 heterocycles. The largest absolute Gasteiger partial charge is 0.508 e. The molecular weight excluding hydrogens is 226 g/mol. The second kappa shape index (κ2) is 6.07. The second-order valence-corrected chi connectivity index (χ2v) is 4.10. The van der Waals surface area contributed by atoms with Gasteiger partial charge in [0.05, 0.1) is 0 Å². The van der Waals surface area contributed by atoms with E-state index in [0.717, 1.165) is 11.1 Å². The second-order valence-electron chi connectivity index (χ2n) is 4.10. The average Bonchev–Trinajstić information content (AvgIpc) is 2.41. The molecule has 3 N–H and O–H groups in total. The number of ether oxygens (including phenoxy) is 1. The number of phenols is 1. The molecule has 0 aromatic heterocycles. The molecule has 18 heavy (non-hydrogen) atoms. The SMILES string of the molecule is NCCc1ccc(OCc2ccccc2)cc1O. The summed E-state index contributed by atoms with van der Waals surface area (Å²) in [5.41, 5.74) is 7.41. The fourth-order valence-electron chi connectivity index (χ4n) is 1.74. The molecule has 0 amide bonds. The summed E-state index contributed by atoms with van der Waals surface area (Å²) in [4.78, 5) is 0. The Kier molecular flexibility index (Phi) is 4.20. The standard InChI is InChI=1S/C15H17NO2/c16-9-8-13-6-7-14(10-15(13)17)18-11-12-4-2-1-3-5-12/h1-7,10,17H,8-9,11,16H2. The zero-order valence-electron chi connectivity index (χ0n) is 10.2. The number of phenolic OH excluding ortho intramolecular Hbond substituents is 1. The van der Waals surface area contributed by atoms with Crippen molar-refractivity contribution in [2.75, 3.05) is 6.54 Å². The zero-order valence-corrected chi connectivity index (χ0v) is 10.2. The molecular formula is C15H17NO2. The molecule has 0 unspecified atom stereocenters. The summed E-state index contributed by atoms with van der Waals surface area (Å²) in [5, 5.41) is 9.78. The molecule has 0 bridgehead atoms. The van der Waals surface area contributed by atoms with E-state index in [1.54, 1.807) is 6.07 Å². The zero-order chi connectivity index (χ0) is 12.8. The van der Waals surface area contributed by atoms with Crippen molar-refractivity contribution in [1.82, 2.24) is 0 Å². The summed E-state index contributed by atoms with van der Waals surface area (Å²) in [6.45, 7) is 1.02. The van der Waals surface area contributed by atoms with E-state index in [4.69, 9.17) is 10.5 Å². The van der Waals surface area contributed by atoms with Gasteiger partial charge in [-0.1, -0.05) is 36.4 Å². The van der Waals surface area contributed by atoms with Gasteiger partial charge in [-0.3, -0.25) is 0 Å². The van der Waals surface area contributed by atoms with Gasteiger partial charge in [0, 0.05) is 6.07 Å². The molecule has 0 aliphatic heterocycles. The molecule has 3 nitrogen and oxygen atoms in total. The van der Waals surface area contributed by atoms with E-state index in [0.29, 0.717) is 25.3 Å². The summed E-state index contributed by atoms with van der Waals surface area (Å²) in [7, 11) is 0. The predicted molar refractivity (Wildman–Crippen MR) is 71.6 cm³/mol. The fraction of sp³-hybridized carbons (Fsp3) is 0.200. The van der Waals surface area contributed by atoms with Crippen LogP contribution >= 0.6 is 0 Å². The Morgan fingerprint density at radius 1 is 1.06 bits per heavy atom. The van der Waals surface area contributed by atoms with E-state index in [2.05, 4.69) is 0 Å². The number of benzene rings is 2. The summed E-state index contributed by atoms with van der Waals surface area (Å²) in [6, 6.07) is 15.3. The molecule has 0 aliphatic rings. The first-order chi connectivity index (χ1) is 8.79. The van der Waals surface area contributed by atoms with Gasteiger partial charge in [-0.25, -0.2) is 0 Å². The van der Waals surface area contributed by atoms with Gasteiger partial charge in [0.1, 0.15) is 18.1 Å². The number of hydrogen-bond donors (Lipinski definition) is 2. The van der Waals surface area contributed by atoms with Crippen molar-refractivity contribution in [2.45, 2.75) is 13.0 Å². The Balaban J connectivity index is 2.00. The molecule has 94 valence electrons. The highest BCUT2D eigenvalue weighted by Gasteiger charge is 2.03. The molecule has 2 aromatic rings. The van der Waals surface area contributed by atoms with E-state index in [-0.39, 0.29) is 5.75 Å². The van der Waals surface area contributed by atoms with Gasteiger partial charge in [-0.15, -0.1) is 0 Å². The molecule has 2 rings (SSSR count). The van der Waals surface area contributed by atoms with Crippen LogP contribution in [0.3, 0.4) is 0 Å². The first kappa shape index (κ1) is 12.5. The molecule has 0 fully saturated rings. The van der Waals surface area contributed by atoms with Crippen LogP contribution in [0, 0.1) is 0 Å². The smallest absolute Gasteiger partial charge is 0.123 e. The third-order valence-electron chi connectivity index (χ3n) is 2.72. The predicted octanol–water partition coefficient (Wildman–Crippen LogP) is 2.47. The Labute approximate surface area is 107 Å². The van der Waals surface area contributed by atoms with E-state index < -0.39 is 0 Å². The van der Waals surface area contributed by atoms with Crippen molar-refractivity contribution >= 4 is 0 Å². The normalized spacial score (nSPS) is 10.3. The van der Waals surface area contributed by atoms with E-state index in [1.165, 1.54) is 0 Å². The molecule has 0 atom stereocenters. The first-order valence-electron chi connectivity index (χ1n) is 5.98. The number of nitrogens with two attached hydrogens (primary N) is 1. The highest BCUT2D eigenvalue weighted by Crippen LogP contribution is 2.24. The van der Waals surface area contributed by atoms with Crippen LogP contribution in [-0.2, 0) is 13.0 Å². The molecule has 0 radical (unpaired) electrons. The Hall–Kier alpha value is -2.00. The molecule has 0 saturated carbocycles. The van der Waals surface area contributed by atoms with Crippen LogP contribution < -0.4 is 10.5 Å². The topological polar surface area (TPSA) is 55.5 Å². The quantitative estimate of drug-likeness (QED) is 0.848. The van der Waals surface area contributed by atoms with Gasteiger partial charge in [0.25, 0.3) is 0 Å². The van der Waals surface area contributed by atoms with Gasteiger partial charge in [-0.05, 0) is 30.2 Å². The third-order valence-corrected chi connectivity index (χ3v) is 2.72. The van der Waals surface area contributed by atoms with Crippen LogP contribution in [0.4, 0.5) is 0 Å². The third kappa shape index (κ3) is 3.25. The van der Waals surface area contributed by atoms with Gasteiger partial charge in [0.2, 0.25) is 0 Å². The lowest BCUT2D eigenvalue weighted by Gasteiger charge is -2.09. The minimum atomic E-state index is 0.242. The lowest BCUT2D eigenvalue weighted by atomic mass is 10.1. The number of aromatic hydroxyl groups is 1. The maximum atomic E-state index is 9.78. The fourth-order valence-corrected chi connectivity index (χ4v) is 1.74. The van der Waals surface area contributed by atoms with Crippen molar-refractivity contribution in [3.05, 3.63) is 59.7 Å². The van der Waals surface area contributed by atoms with Crippen molar-refractivity contribution in [1.29, 1.82) is 0 Å². The summed E-state index contributed by atoms with van der Waals surface area (Å²) in [5.74, 6) is 0.906. The highest BCUT2D eigenvalue weighted by atomic mass is 16.5. The Bertz CT molecular complexity index is 497. The van der Waals surface area contributed by atoms with Crippen molar-refractivity contribution in [3.63, 3.8) is 0 Å². The molecule has 3 heteroatoms. The van der Waals surface area contributed by atoms with Gasteiger partial charge < -0.3 is 15.6 Å². The van der Waals surface area contributed by atoms with E-state index in [1.807, 2.05) is 42.5 Å². The van der Waals surface area contributed by atoms with Crippen LogP contribution in [0.5, 0.6) is 11.5 Å². The van der Waals surface area contributed by atoms with Crippen LogP contribution in [0.1, 0.15) is 11.1 Å². The minimum absolute atomic E-state index is 0.242. The van der Waals surface area contributed by atoms with Crippen LogP contribution in [0.2, 0.25) is 0 Å². The molecule has 0 aliphatic carbocycles. The molecule has 2 aromatic carbocycles. The number of hydrogen-bond acceptors (Lipinski definition) is 3. The lowest BCUT2D eigenvalue weighted by Crippen LogP contribution is -2.03. The van der Waals surface area contributed by atoms with E-state index >= 15 is 0 Å². The van der Waals surface area contributed by atoms with Gasteiger partial charge in [-0.2, -0.15) is 0 Å². The van der Waals surface area contributed by atoms with E-state index in [9.17, 15) is 5.11 Å². The average molecular weight is 243 g/mol. The van der Waals surface area contributed by atoms with Crippen LogP contribution in [0.15, 0.2) is 48.5 Å².